The number of carbonyl (C=O) groups is 1. The molecular formula is C26H35FN2O2. The first kappa shape index (κ1) is 23.4. The molecule has 0 bridgehead atoms. The molecule has 0 N–H and O–H groups in total. The van der Waals surface area contributed by atoms with Gasteiger partial charge in [-0.25, -0.2) is 4.39 Å². The van der Waals surface area contributed by atoms with E-state index < -0.39 is 0 Å². The van der Waals surface area contributed by atoms with Crippen LogP contribution in [0, 0.1) is 24.6 Å². The maximum absolute atomic E-state index is 14.0. The van der Waals surface area contributed by atoms with E-state index in [2.05, 4.69) is 36.1 Å². The van der Waals surface area contributed by atoms with Crippen molar-refractivity contribution in [3.63, 3.8) is 0 Å². The standard InChI is InChI=1S/C26H35FN2O2/c1-19(2)26(30)29(12-13-31-4)17-23-16-28(15-21-10-8-20(3)9-11-21)18-25(23)22-6-5-7-24(27)14-22/h5-11,14,19,23,25H,12-13,15-18H2,1-4H3/t23-,25+/m0/s1. The topological polar surface area (TPSA) is 32.8 Å². The van der Waals surface area contributed by atoms with E-state index >= 15 is 0 Å². The minimum absolute atomic E-state index is 0.0606. The van der Waals surface area contributed by atoms with Gasteiger partial charge in [0.25, 0.3) is 0 Å². The summed E-state index contributed by atoms with van der Waals surface area (Å²) in [6.07, 6.45) is 0. The Hall–Kier alpha value is -2.24. The van der Waals surface area contributed by atoms with Gasteiger partial charge in [0.15, 0.2) is 0 Å². The fraction of sp³-hybridized carbons (Fsp3) is 0.500. The number of halogens is 1. The second kappa shape index (κ2) is 10.9. The molecule has 1 amide bonds. The molecule has 2 aromatic carbocycles. The summed E-state index contributed by atoms with van der Waals surface area (Å²) < 4.78 is 19.2. The van der Waals surface area contributed by atoms with Gasteiger partial charge in [-0.2, -0.15) is 0 Å². The van der Waals surface area contributed by atoms with Crippen LogP contribution in [0.1, 0.15) is 36.5 Å². The number of hydrogen-bond donors (Lipinski definition) is 0. The summed E-state index contributed by atoms with van der Waals surface area (Å²) in [7, 11) is 1.66. The van der Waals surface area contributed by atoms with Crippen molar-refractivity contribution in [1.29, 1.82) is 0 Å². The van der Waals surface area contributed by atoms with Crippen LogP contribution >= 0.6 is 0 Å². The molecule has 0 saturated carbocycles. The van der Waals surface area contributed by atoms with Crippen LogP contribution in [-0.4, -0.2) is 55.6 Å². The molecule has 2 atom stereocenters. The first-order valence-corrected chi connectivity index (χ1v) is 11.2. The highest BCUT2D eigenvalue weighted by Gasteiger charge is 2.36. The van der Waals surface area contributed by atoms with Gasteiger partial charge < -0.3 is 9.64 Å². The number of methoxy groups -OCH3 is 1. The first-order valence-electron chi connectivity index (χ1n) is 11.2. The zero-order valence-electron chi connectivity index (χ0n) is 19.2. The largest absolute Gasteiger partial charge is 0.383 e. The van der Waals surface area contributed by atoms with Crippen LogP contribution in [0.5, 0.6) is 0 Å². The second-order valence-corrected chi connectivity index (χ2v) is 9.03. The van der Waals surface area contributed by atoms with Crippen molar-refractivity contribution in [2.45, 2.75) is 33.2 Å². The number of likely N-dealkylation sites (tertiary alicyclic amines) is 1. The maximum Gasteiger partial charge on any atom is 0.225 e. The molecule has 0 radical (unpaired) electrons. The van der Waals surface area contributed by atoms with E-state index in [4.69, 9.17) is 4.74 Å². The van der Waals surface area contributed by atoms with Gasteiger partial charge in [-0.1, -0.05) is 55.8 Å². The molecule has 0 aromatic heterocycles. The van der Waals surface area contributed by atoms with Crippen LogP contribution in [-0.2, 0) is 16.1 Å². The van der Waals surface area contributed by atoms with Crippen LogP contribution < -0.4 is 0 Å². The Morgan fingerprint density at radius 2 is 1.94 bits per heavy atom. The summed E-state index contributed by atoms with van der Waals surface area (Å²) in [5.41, 5.74) is 3.54. The number of nitrogens with zero attached hydrogens (tertiary/aromatic N) is 2. The van der Waals surface area contributed by atoms with Gasteiger partial charge in [0.1, 0.15) is 5.82 Å². The van der Waals surface area contributed by atoms with Gasteiger partial charge in [-0.05, 0) is 36.1 Å². The smallest absolute Gasteiger partial charge is 0.225 e. The minimum Gasteiger partial charge on any atom is -0.383 e. The number of ether oxygens (including phenoxy) is 1. The molecule has 3 rings (SSSR count). The van der Waals surface area contributed by atoms with Crippen LogP contribution in [0.3, 0.4) is 0 Å². The van der Waals surface area contributed by atoms with Crippen molar-refractivity contribution in [3.05, 3.63) is 71.0 Å². The number of amides is 1. The number of benzene rings is 2. The summed E-state index contributed by atoms with van der Waals surface area (Å²) in [5, 5.41) is 0. The summed E-state index contributed by atoms with van der Waals surface area (Å²) >= 11 is 0. The third-order valence-electron chi connectivity index (χ3n) is 6.15. The van der Waals surface area contributed by atoms with Gasteiger partial charge in [-0.15, -0.1) is 0 Å². The Bertz CT molecular complexity index is 853. The summed E-state index contributed by atoms with van der Waals surface area (Å²) in [4.78, 5) is 17.2. The van der Waals surface area contributed by atoms with Crippen LogP contribution in [0.25, 0.3) is 0 Å². The molecule has 1 aliphatic heterocycles. The lowest BCUT2D eigenvalue weighted by atomic mass is 9.88. The SMILES string of the molecule is COCCN(C[C@@H]1CN(Cc2ccc(C)cc2)C[C@@H]1c1cccc(F)c1)C(=O)C(C)C. The predicted octanol–water partition coefficient (Wildman–Crippen LogP) is 4.48. The first-order chi connectivity index (χ1) is 14.9. The Morgan fingerprint density at radius 3 is 2.58 bits per heavy atom. The molecule has 2 aromatic rings. The normalized spacial score (nSPS) is 19.2. The van der Waals surface area contributed by atoms with Gasteiger partial charge in [0.2, 0.25) is 5.91 Å². The van der Waals surface area contributed by atoms with E-state index in [0.29, 0.717) is 19.7 Å². The quantitative estimate of drug-likeness (QED) is 0.593. The minimum atomic E-state index is -0.206. The lowest BCUT2D eigenvalue weighted by molar-refractivity contribution is -0.135. The second-order valence-electron chi connectivity index (χ2n) is 9.03. The third kappa shape index (κ3) is 6.37. The molecule has 0 unspecified atom stereocenters. The summed E-state index contributed by atoms with van der Waals surface area (Å²) in [5.74, 6) is 0.308. The highest BCUT2D eigenvalue weighted by atomic mass is 19.1. The number of carbonyl (C=O) groups excluding carboxylic acids is 1. The molecule has 0 aliphatic carbocycles. The van der Waals surface area contributed by atoms with Crippen molar-refractivity contribution in [2.24, 2.45) is 11.8 Å². The summed E-state index contributed by atoms with van der Waals surface area (Å²) in [6, 6.07) is 15.6. The molecule has 5 heteroatoms. The summed E-state index contributed by atoms with van der Waals surface area (Å²) in [6.45, 7) is 10.3. The Morgan fingerprint density at radius 1 is 1.19 bits per heavy atom. The Labute approximate surface area is 186 Å². The van der Waals surface area contributed by atoms with Crippen LogP contribution in [0.15, 0.2) is 48.5 Å². The van der Waals surface area contributed by atoms with Crippen molar-refractivity contribution in [1.82, 2.24) is 9.80 Å². The monoisotopic (exact) mass is 426 g/mol. The van der Waals surface area contributed by atoms with E-state index in [-0.39, 0.29) is 29.5 Å². The predicted molar refractivity (Wildman–Crippen MR) is 122 cm³/mol. The van der Waals surface area contributed by atoms with Crippen molar-refractivity contribution in [2.75, 3.05) is 39.9 Å². The highest BCUT2D eigenvalue weighted by Crippen LogP contribution is 2.34. The molecule has 1 heterocycles. The van der Waals surface area contributed by atoms with Crippen LogP contribution in [0.4, 0.5) is 4.39 Å². The molecule has 31 heavy (non-hydrogen) atoms. The van der Waals surface area contributed by atoms with E-state index in [1.807, 2.05) is 24.8 Å². The average Bonchev–Trinajstić information content (AvgIpc) is 3.14. The Balaban J connectivity index is 1.80. The van der Waals surface area contributed by atoms with Gasteiger partial charge in [0, 0.05) is 51.7 Å². The molecule has 4 nitrogen and oxygen atoms in total. The van der Waals surface area contributed by atoms with E-state index in [1.165, 1.54) is 17.2 Å². The number of aryl methyl sites for hydroxylation is 1. The molecule has 1 saturated heterocycles. The van der Waals surface area contributed by atoms with E-state index in [0.717, 1.165) is 25.2 Å². The third-order valence-corrected chi connectivity index (χ3v) is 6.15. The number of rotatable bonds is 9. The van der Waals surface area contributed by atoms with Crippen molar-refractivity contribution < 1.29 is 13.9 Å². The molecule has 0 spiro atoms. The molecule has 1 aliphatic rings. The molecule has 1 fully saturated rings. The average molecular weight is 427 g/mol. The zero-order valence-corrected chi connectivity index (χ0v) is 19.2. The van der Waals surface area contributed by atoms with E-state index in [9.17, 15) is 9.18 Å². The van der Waals surface area contributed by atoms with Crippen molar-refractivity contribution in [3.8, 4) is 0 Å². The van der Waals surface area contributed by atoms with Crippen LogP contribution in [0.2, 0.25) is 0 Å². The molecular weight excluding hydrogens is 391 g/mol. The highest BCUT2D eigenvalue weighted by molar-refractivity contribution is 5.78. The fourth-order valence-electron chi connectivity index (χ4n) is 4.48. The lowest BCUT2D eigenvalue weighted by Crippen LogP contribution is -2.41. The van der Waals surface area contributed by atoms with Gasteiger partial charge in [-0.3, -0.25) is 9.69 Å². The molecule has 168 valence electrons. The zero-order chi connectivity index (χ0) is 22.4. The lowest BCUT2D eigenvalue weighted by Gasteiger charge is -2.29. The van der Waals surface area contributed by atoms with Gasteiger partial charge in [0.05, 0.1) is 6.61 Å². The number of hydrogen-bond acceptors (Lipinski definition) is 3. The Kier molecular flexibility index (Phi) is 8.22. The fourth-order valence-corrected chi connectivity index (χ4v) is 4.48. The van der Waals surface area contributed by atoms with Gasteiger partial charge >= 0.3 is 0 Å². The maximum atomic E-state index is 14.0. The van der Waals surface area contributed by atoms with Crippen molar-refractivity contribution >= 4 is 5.91 Å². The van der Waals surface area contributed by atoms with E-state index in [1.54, 1.807) is 19.2 Å².